The number of nitrogens with zero attached hydrogens (tertiary/aromatic N) is 1. The quantitative estimate of drug-likeness (QED) is 0.882. The van der Waals surface area contributed by atoms with Gasteiger partial charge >= 0.3 is 0 Å². The lowest BCUT2D eigenvalue weighted by molar-refractivity contribution is -0.114. The number of amides is 1. The third kappa shape index (κ3) is 4.28. The molecule has 1 aromatic carbocycles. The van der Waals surface area contributed by atoms with Gasteiger partial charge in [-0.25, -0.2) is 4.98 Å². The van der Waals surface area contributed by atoms with Crippen molar-refractivity contribution in [3.8, 4) is 0 Å². The molecule has 104 valence electrons. The minimum Gasteiger partial charge on any atom is -0.370 e. The Labute approximate surface area is 123 Å². The second kappa shape index (κ2) is 6.96. The summed E-state index contributed by atoms with van der Waals surface area (Å²) in [7, 11) is 0. The normalized spacial score (nSPS) is 10.1. The van der Waals surface area contributed by atoms with Crippen molar-refractivity contribution in [2.75, 3.05) is 17.2 Å². The van der Waals surface area contributed by atoms with Gasteiger partial charge in [0.1, 0.15) is 5.82 Å². The molecule has 0 fully saturated rings. The van der Waals surface area contributed by atoms with E-state index in [9.17, 15) is 4.79 Å². The van der Waals surface area contributed by atoms with Gasteiger partial charge in [-0.3, -0.25) is 4.79 Å². The van der Waals surface area contributed by atoms with Crippen LogP contribution in [0.3, 0.4) is 0 Å². The minimum atomic E-state index is -0.0604. The first-order valence-corrected chi connectivity index (χ1v) is 7.24. The molecule has 2 rings (SSSR count). The molecule has 0 bridgehead atoms. The molecule has 0 aliphatic heterocycles. The number of anilines is 2. The first kappa shape index (κ1) is 14.4. The fourth-order valence-electron chi connectivity index (χ4n) is 1.70. The van der Waals surface area contributed by atoms with Crippen molar-refractivity contribution in [2.45, 2.75) is 23.6 Å². The summed E-state index contributed by atoms with van der Waals surface area (Å²) in [5.41, 5.74) is 0.810. The highest BCUT2D eigenvalue weighted by Gasteiger charge is 2.01. The Bertz CT molecular complexity index is 584. The molecule has 5 heteroatoms. The molecule has 1 heterocycles. The van der Waals surface area contributed by atoms with Crippen LogP contribution in [0.25, 0.3) is 0 Å². The molecule has 0 aliphatic rings. The summed E-state index contributed by atoms with van der Waals surface area (Å²) in [6, 6.07) is 11.8. The minimum absolute atomic E-state index is 0.0604. The summed E-state index contributed by atoms with van der Waals surface area (Å²) < 4.78 is 0. The number of pyridine rings is 1. The number of hydrogen-bond acceptors (Lipinski definition) is 4. The number of benzene rings is 1. The molecule has 0 radical (unpaired) electrons. The van der Waals surface area contributed by atoms with E-state index in [2.05, 4.69) is 15.6 Å². The van der Waals surface area contributed by atoms with Crippen LogP contribution in [0.2, 0.25) is 0 Å². The monoisotopic (exact) mass is 287 g/mol. The summed E-state index contributed by atoms with van der Waals surface area (Å²) in [4.78, 5) is 17.4. The molecule has 0 saturated heterocycles. The maximum atomic E-state index is 11.0. The van der Waals surface area contributed by atoms with Gasteiger partial charge in [0.2, 0.25) is 5.91 Å². The van der Waals surface area contributed by atoms with Crippen molar-refractivity contribution in [1.82, 2.24) is 4.98 Å². The van der Waals surface area contributed by atoms with Crippen LogP contribution in [0.4, 0.5) is 11.5 Å². The summed E-state index contributed by atoms with van der Waals surface area (Å²) in [5.74, 6) is 0.821. The molecule has 4 nitrogen and oxygen atoms in total. The van der Waals surface area contributed by atoms with E-state index in [0.29, 0.717) is 0 Å². The lowest BCUT2D eigenvalue weighted by Crippen LogP contribution is -2.05. The van der Waals surface area contributed by atoms with Crippen LogP contribution >= 0.6 is 11.8 Å². The van der Waals surface area contributed by atoms with E-state index in [1.165, 1.54) is 6.92 Å². The molecular weight excluding hydrogens is 270 g/mol. The van der Waals surface area contributed by atoms with E-state index in [-0.39, 0.29) is 5.91 Å². The summed E-state index contributed by atoms with van der Waals surface area (Å²) in [5, 5.41) is 5.95. The van der Waals surface area contributed by atoms with Crippen molar-refractivity contribution in [1.29, 1.82) is 0 Å². The standard InChI is InChI=1S/C15H17N3OS/c1-3-16-15-10-14(8-9-17-15)20-13-6-4-12(5-7-13)18-11(2)19/h4-10H,3H2,1-2H3,(H,16,17)(H,18,19). The Hall–Kier alpha value is -2.01. The van der Waals surface area contributed by atoms with Crippen LogP contribution in [0.5, 0.6) is 0 Å². The number of aromatic nitrogens is 1. The lowest BCUT2D eigenvalue weighted by Gasteiger charge is -2.06. The number of nitrogens with one attached hydrogen (secondary N) is 2. The Morgan fingerprint density at radius 3 is 2.60 bits per heavy atom. The van der Waals surface area contributed by atoms with Crippen molar-refractivity contribution in [3.63, 3.8) is 0 Å². The SMILES string of the molecule is CCNc1cc(Sc2ccc(NC(C)=O)cc2)ccn1. The van der Waals surface area contributed by atoms with Gasteiger partial charge in [0.15, 0.2) is 0 Å². The van der Waals surface area contributed by atoms with Gasteiger partial charge in [-0.1, -0.05) is 11.8 Å². The number of hydrogen-bond donors (Lipinski definition) is 2. The maximum absolute atomic E-state index is 11.0. The second-order valence-corrected chi connectivity index (χ2v) is 5.36. The molecule has 0 atom stereocenters. The molecule has 20 heavy (non-hydrogen) atoms. The molecule has 0 unspecified atom stereocenters. The third-order valence-electron chi connectivity index (χ3n) is 2.50. The second-order valence-electron chi connectivity index (χ2n) is 4.21. The van der Waals surface area contributed by atoms with Crippen LogP contribution in [0.15, 0.2) is 52.4 Å². The van der Waals surface area contributed by atoms with Crippen molar-refractivity contribution >= 4 is 29.2 Å². The van der Waals surface area contributed by atoms with E-state index in [1.807, 2.05) is 43.3 Å². The largest absolute Gasteiger partial charge is 0.370 e. The van der Waals surface area contributed by atoms with Gasteiger partial charge in [-0.15, -0.1) is 0 Å². The highest BCUT2D eigenvalue weighted by Crippen LogP contribution is 2.29. The molecule has 1 aromatic heterocycles. The molecule has 2 aromatic rings. The van der Waals surface area contributed by atoms with E-state index < -0.39 is 0 Å². The molecule has 0 aliphatic carbocycles. The van der Waals surface area contributed by atoms with Gasteiger partial charge in [0.05, 0.1) is 0 Å². The van der Waals surface area contributed by atoms with E-state index in [0.717, 1.165) is 27.8 Å². The smallest absolute Gasteiger partial charge is 0.221 e. The Morgan fingerprint density at radius 1 is 1.20 bits per heavy atom. The summed E-state index contributed by atoms with van der Waals surface area (Å²) in [6.45, 7) is 4.40. The van der Waals surface area contributed by atoms with Gasteiger partial charge < -0.3 is 10.6 Å². The zero-order valence-electron chi connectivity index (χ0n) is 11.5. The molecule has 1 amide bonds. The summed E-state index contributed by atoms with van der Waals surface area (Å²) >= 11 is 1.66. The first-order valence-electron chi connectivity index (χ1n) is 6.43. The highest BCUT2D eigenvalue weighted by molar-refractivity contribution is 7.99. The van der Waals surface area contributed by atoms with Crippen molar-refractivity contribution < 1.29 is 4.79 Å². The Morgan fingerprint density at radius 2 is 1.95 bits per heavy atom. The van der Waals surface area contributed by atoms with Gasteiger partial charge in [0.25, 0.3) is 0 Å². The Kier molecular flexibility index (Phi) is 5.01. The third-order valence-corrected chi connectivity index (χ3v) is 3.50. The van der Waals surface area contributed by atoms with Gasteiger partial charge in [-0.2, -0.15) is 0 Å². The number of carbonyl (C=O) groups is 1. The first-order chi connectivity index (χ1) is 9.67. The van der Waals surface area contributed by atoms with E-state index >= 15 is 0 Å². The van der Waals surface area contributed by atoms with Crippen LogP contribution in [0.1, 0.15) is 13.8 Å². The summed E-state index contributed by atoms with van der Waals surface area (Å²) in [6.07, 6.45) is 1.80. The van der Waals surface area contributed by atoms with Gasteiger partial charge in [-0.05, 0) is 43.3 Å². The molecular formula is C15H17N3OS. The molecule has 2 N–H and O–H groups in total. The van der Waals surface area contributed by atoms with Crippen molar-refractivity contribution in [3.05, 3.63) is 42.6 Å². The van der Waals surface area contributed by atoms with Crippen LogP contribution < -0.4 is 10.6 Å². The fraction of sp³-hybridized carbons (Fsp3) is 0.200. The zero-order chi connectivity index (χ0) is 14.4. The predicted molar refractivity (Wildman–Crippen MR) is 83.3 cm³/mol. The maximum Gasteiger partial charge on any atom is 0.221 e. The molecule has 0 saturated carbocycles. The highest BCUT2D eigenvalue weighted by atomic mass is 32.2. The van der Waals surface area contributed by atoms with Crippen molar-refractivity contribution in [2.24, 2.45) is 0 Å². The van der Waals surface area contributed by atoms with E-state index in [4.69, 9.17) is 0 Å². The number of rotatable bonds is 5. The number of carbonyl (C=O) groups excluding carboxylic acids is 1. The zero-order valence-corrected chi connectivity index (χ0v) is 12.3. The Balaban J connectivity index is 2.05. The molecule has 0 spiro atoms. The topological polar surface area (TPSA) is 54.0 Å². The fourth-order valence-corrected chi connectivity index (χ4v) is 2.54. The van der Waals surface area contributed by atoms with Crippen LogP contribution in [-0.4, -0.2) is 17.4 Å². The predicted octanol–water partition coefficient (Wildman–Crippen LogP) is 3.62. The van der Waals surface area contributed by atoms with Crippen LogP contribution in [0, 0.1) is 0 Å². The average Bonchev–Trinajstić information content (AvgIpc) is 2.41. The van der Waals surface area contributed by atoms with E-state index in [1.54, 1.807) is 18.0 Å². The lowest BCUT2D eigenvalue weighted by atomic mass is 10.3. The van der Waals surface area contributed by atoms with Crippen LogP contribution in [-0.2, 0) is 4.79 Å². The van der Waals surface area contributed by atoms with Gasteiger partial charge in [0, 0.05) is 35.1 Å². The average molecular weight is 287 g/mol.